The number of fused-ring (bicyclic) bond motifs is 4. The van der Waals surface area contributed by atoms with Crippen molar-refractivity contribution in [3.05, 3.63) is 72.8 Å². The van der Waals surface area contributed by atoms with Crippen molar-refractivity contribution in [3.63, 3.8) is 0 Å². The fourth-order valence-electron chi connectivity index (χ4n) is 3.60. The molecule has 0 saturated heterocycles. The first kappa shape index (κ1) is 14.1. The van der Waals surface area contributed by atoms with Gasteiger partial charge in [-0.05, 0) is 22.9 Å². The number of benzene rings is 4. The molecule has 0 amide bonds. The van der Waals surface area contributed by atoms with E-state index in [4.69, 9.17) is 4.98 Å². The number of hydrogen-bond donors (Lipinski definition) is 1. The third-order valence-corrected chi connectivity index (χ3v) is 4.92. The molecule has 0 bridgehead atoms. The normalized spacial score (nSPS) is 11.6. The molecule has 5 aromatic rings. The summed E-state index contributed by atoms with van der Waals surface area (Å²) in [6, 6.07) is 24.3. The van der Waals surface area contributed by atoms with E-state index in [1.807, 2.05) is 60.1 Å². The quantitative estimate of drug-likeness (QED) is 0.457. The zero-order valence-electron chi connectivity index (χ0n) is 13.8. The van der Waals surface area contributed by atoms with E-state index < -0.39 is 0 Å². The van der Waals surface area contributed by atoms with Gasteiger partial charge in [0.15, 0.2) is 0 Å². The number of aromatic nitrogens is 2. The van der Waals surface area contributed by atoms with Crippen LogP contribution in [0, 0.1) is 0 Å². The summed E-state index contributed by atoms with van der Waals surface area (Å²) in [7, 11) is 1.99. The monoisotopic (exact) mass is 324 g/mol. The molecule has 0 radical (unpaired) electrons. The predicted molar refractivity (Wildman–Crippen MR) is 103 cm³/mol. The minimum atomic E-state index is 0.279. The lowest BCUT2D eigenvalue weighted by atomic mass is 10.0. The molecule has 3 heteroatoms. The number of rotatable bonds is 1. The molecular weight excluding hydrogens is 308 g/mol. The van der Waals surface area contributed by atoms with Crippen LogP contribution in [0.3, 0.4) is 0 Å². The highest BCUT2D eigenvalue weighted by Gasteiger charge is 2.16. The van der Waals surface area contributed by atoms with Crippen molar-refractivity contribution in [2.45, 2.75) is 0 Å². The Balaban J connectivity index is 1.85. The first-order valence-electron chi connectivity index (χ1n) is 8.29. The first-order valence-corrected chi connectivity index (χ1v) is 8.29. The Morgan fingerprint density at radius 3 is 2.20 bits per heavy atom. The number of hydrogen-bond acceptors (Lipinski definition) is 2. The van der Waals surface area contributed by atoms with Crippen LogP contribution in [0.2, 0.25) is 0 Å². The smallest absolute Gasteiger partial charge is 0.144 e. The lowest BCUT2D eigenvalue weighted by Gasteiger charge is -2.08. The SMILES string of the molecule is Cn1c(-c2ccc3ccccc3c2O)nc2c3ccccc3ccc21. The molecule has 1 N–H and O–H groups in total. The van der Waals surface area contributed by atoms with E-state index in [2.05, 4.69) is 24.3 Å². The topological polar surface area (TPSA) is 38.0 Å². The number of phenolic OH excluding ortho intramolecular Hbond substituents is 1. The van der Waals surface area contributed by atoms with Crippen LogP contribution in [0.25, 0.3) is 44.0 Å². The predicted octanol–water partition coefficient (Wildman–Crippen LogP) is 5.25. The third kappa shape index (κ3) is 1.96. The van der Waals surface area contributed by atoms with Gasteiger partial charge in [0.2, 0.25) is 0 Å². The highest BCUT2D eigenvalue weighted by molar-refractivity contribution is 6.05. The minimum Gasteiger partial charge on any atom is -0.507 e. The van der Waals surface area contributed by atoms with E-state index in [1.54, 1.807) is 0 Å². The molecule has 1 heterocycles. The number of aryl methyl sites for hydroxylation is 1. The number of nitrogens with zero attached hydrogens (tertiary/aromatic N) is 2. The average molecular weight is 324 g/mol. The van der Waals surface area contributed by atoms with Crippen molar-refractivity contribution in [1.82, 2.24) is 9.55 Å². The molecule has 0 aliphatic carbocycles. The summed E-state index contributed by atoms with van der Waals surface area (Å²) in [6.45, 7) is 0. The Labute approximate surface area is 144 Å². The summed E-state index contributed by atoms with van der Waals surface area (Å²) < 4.78 is 2.05. The maximum atomic E-state index is 10.8. The Kier molecular flexibility index (Phi) is 2.86. The second kappa shape index (κ2) is 5.08. The maximum Gasteiger partial charge on any atom is 0.144 e. The Bertz CT molecular complexity index is 1270. The van der Waals surface area contributed by atoms with Crippen molar-refractivity contribution in [3.8, 4) is 17.1 Å². The maximum absolute atomic E-state index is 10.8. The Hall–Kier alpha value is -3.33. The van der Waals surface area contributed by atoms with Gasteiger partial charge in [-0.1, -0.05) is 60.7 Å². The number of phenols is 1. The van der Waals surface area contributed by atoms with E-state index >= 15 is 0 Å². The average Bonchev–Trinajstić information content (AvgIpc) is 2.99. The van der Waals surface area contributed by atoms with Gasteiger partial charge in [0.05, 0.1) is 16.6 Å². The van der Waals surface area contributed by atoms with Crippen molar-refractivity contribution in [2.24, 2.45) is 7.05 Å². The van der Waals surface area contributed by atoms with Crippen LogP contribution >= 0.6 is 0 Å². The van der Waals surface area contributed by atoms with Crippen LogP contribution in [0.1, 0.15) is 0 Å². The molecule has 0 saturated carbocycles. The molecule has 120 valence electrons. The van der Waals surface area contributed by atoms with Crippen molar-refractivity contribution in [2.75, 3.05) is 0 Å². The lowest BCUT2D eigenvalue weighted by Crippen LogP contribution is -1.93. The van der Waals surface area contributed by atoms with Gasteiger partial charge in [-0.3, -0.25) is 0 Å². The summed E-state index contributed by atoms with van der Waals surface area (Å²) in [5.74, 6) is 1.05. The van der Waals surface area contributed by atoms with Gasteiger partial charge in [0.1, 0.15) is 11.6 Å². The van der Waals surface area contributed by atoms with Gasteiger partial charge in [0, 0.05) is 17.8 Å². The molecule has 0 aliphatic heterocycles. The second-order valence-electron chi connectivity index (χ2n) is 6.33. The standard InChI is InChI=1S/C22H16N2O/c1-24-19-13-11-14-6-2-4-8-16(14)20(19)23-22(24)18-12-10-15-7-3-5-9-17(15)21(18)25/h2-13,25H,1H3. The van der Waals surface area contributed by atoms with Gasteiger partial charge < -0.3 is 9.67 Å². The molecular formula is C22H16N2O. The van der Waals surface area contributed by atoms with Crippen LogP contribution in [0.4, 0.5) is 0 Å². The Morgan fingerprint density at radius 2 is 1.40 bits per heavy atom. The van der Waals surface area contributed by atoms with Gasteiger partial charge in [-0.2, -0.15) is 0 Å². The number of imidazole rings is 1. The highest BCUT2D eigenvalue weighted by Crippen LogP contribution is 2.37. The summed E-state index contributed by atoms with van der Waals surface area (Å²) in [5, 5.41) is 15.0. The summed E-state index contributed by atoms with van der Waals surface area (Å²) in [5.41, 5.74) is 2.77. The number of aromatic hydroxyl groups is 1. The van der Waals surface area contributed by atoms with Crippen LogP contribution in [0.5, 0.6) is 5.75 Å². The second-order valence-corrected chi connectivity index (χ2v) is 6.33. The van der Waals surface area contributed by atoms with Gasteiger partial charge in [0.25, 0.3) is 0 Å². The van der Waals surface area contributed by atoms with E-state index in [9.17, 15) is 5.11 Å². The van der Waals surface area contributed by atoms with Crippen LogP contribution in [-0.2, 0) is 7.05 Å². The van der Waals surface area contributed by atoms with E-state index in [0.717, 1.165) is 38.6 Å². The molecule has 0 aliphatic rings. The van der Waals surface area contributed by atoms with Crippen molar-refractivity contribution < 1.29 is 5.11 Å². The lowest BCUT2D eigenvalue weighted by molar-refractivity contribution is 0.483. The van der Waals surface area contributed by atoms with Crippen molar-refractivity contribution in [1.29, 1.82) is 0 Å². The molecule has 4 aromatic carbocycles. The molecule has 25 heavy (non-hydrogen) atoms. The Morgan fingerprint density at radius 1 is 0.760 bits per heavy atom. The largest absolute Gasteiger partial charge is 0.507 e. The summed E-state index contributed by atoms with van der Waals surface area (Å²) >= 11 is 0. The fourth-order valence-corrected chi connectivity index (χ4v) is 3.60. The fraction of sp³-hybridized carbons (Fsp3) is 0.0455. The zero-order chi connectivity index (χ0) is 17.0. The molecule has 0 atom stereocenters. The molecule has 1 aromatic heterocycles. The minimum absolute atomic E-state index is 0.279. The van der Waals surface area contributed by atoms with Crippen LogP contribution in [0.15, 0.2) is 72.8 Å². The van der Waals surface area contributed by atoms with Gasteiger partial charge >= 0.3 is 0 Å². The van der Waals surface area contributed by atoms with Gasteiger partial charge in [-0.15, -0.1) is 0 Å². The van der Waals surface area contributed by atoms with E-state index in [-0.39, 0.29) is 5.75 Å². The third-order valence-electron chi connectivity index (χ3n) is 4.92. The molecule has 0 fully saturated rings. The van der Waals surface area contributed by atoms with Crippen molar-refractivity contribution >= 4 is 32.6 Å². The molecule has 0 unspecified atom stereocenters. The van der Waals surface area contributed by atoms with Crippen LogP contribution < -0.4 is 0 Å². The zero-order valence-corrected chi connectivity index (χ0v) is 13.8. The first-order chi connectivity index (χ1) is 12.2. The summed E-state index contributed by atoms with van der Waals surface area (Å²) in [6.07, 6.45) is 0. The van der Waals surface area contributed by atoms with E-state index in [1.165, 1.54) is 5.39 Å². The van der Waals surface area contributed by atoms with Gasteiger partial charge in [-0.25, -0.2) is 4.98 Å². The molecule has 3 nitrogen and oxygen atoms in total. The summed E-state index contributed by atoms with van der Waals surface area (Å²) in [4.78, 5) is 4.88. The van der Waals surface area contributed by atoms with E-state index in [0.29, 0.717) is 0 Å². The van der Waals surface area contributed by atoms with Crippen LogP contribution in [-0.4, -0.2) is 14.7 Å². The molecule has 5 rings (SSSR count). The highest BCUT2D eigenvalue weighted by atomic mass is 16.3. The molecule has 0 spiro atoms.